The number of rotatable bonds is 3. The Bertz CT molecular complexity index is 611. The van der Waals surface area contributed by atoms with E-state index >= 15 is 0 Å². The number of carbonyl (C=O) groups is 2. The van der Waals surface area contributed by atoms with Crippen molar-refractivity contribution in [3.8, 4) is 0 Å². The molecule has 2 amide bonds. The number of benzene rings is 1. The van der Waals surface area contributed by atoms with E-state index in [1.54, 1.807) is 0 Å². The molecule has 1 aliphatic carbocycles. The van der Waals surface area contributed by atoms with Crippen LogP contribution in [0.2, 0.25) is 0 Å². The highest BCUT2D eigenvalue weighted by molar-refractivity contribution is 9.10. The van der Waals surface area contributed by atoms with Crippen LogP contribution in [0.3, 0.4) is 0 Å². The van der Waals surface area contributed by atoms with Gasteiger partial charge in [0, 0.05) is 29.2 Å². The van der Waals surface area contributed by atoms with Crippen molar-refractivity contribution >= 4 is 33.4 Å². The van der Waals surface area contributed by atoms with Gasteiger partial charge in [-0.05, 0) is 37.5 Å². The van der Waals surface area contributed by atoms with Gasteiger partial charge in [-0.2, -0.15) is 0 Å². The summed E-state index contributed by atoms with van der Waals surface area (Å²) in [6.45, 7) is 2.58. The van der Waals surface area contributed by atoms with Gasteiger partial charge >= 0.3 is 0 Å². The molecule has 1 saturated carbocycles. The topological polar surface area (TPSA) is 49.4 Å². The number of nitrogens with one attached hydrogen (secondary N) is 1. The van der Waals surface area contributed by atoms with Crippen LogP contribution < -0.4 is 5.32 Å². The van der Waals surface area contributed by atoms with Gasteiger partial charge in [0.05, 0.1) is 5.92 Å². The zero-order valence-electron chi connectivity index (χ0n) is 13.5. The fraction of sp³-hybridized carbons (Fsp3) is 0.556. The lowest BCUT2D eigenvalue weighted by Crippen LogP contribution is -2.38. The van der Waals surface area contributed by atoms with Crippen LogP contribution >= 0.6 is 15.9 Å². The van der Waals surface area contributed by atoms with E-state index in [0.29, 0.717) is 19.0 Å². The normalized spacial score (nSPS) is 22.4. The van der Waals surface area contributed by atoms with Gasteiger partial charge in [-0.25, -0.2) is 0 Å². The van der Waals surface area contributed by atoms with Crippen molar-refractivity contribution in [1.82, 2.24) is 4.90 Å². The zero-order valence-corrected chi connectivity index (χ0v) is 15.1. The Hall–Kier alpha value is -1.36. The van der Waals surface area contributed by atoms with E-state index in [1.165, 1.54) is 19.3 Å². The van der Waals surface area contributed by atoms with Crippen LogP contribution in [0.5, 0.6) is 0 Å². The van der Waals surface area contributed by atoms with Crippen LogP contribution in [-0.2, 0) is 9.59 Å². The molecule has 1 saturated heterocycles. The SMILES string of the molecule is Cc1ccc(NC(=O)C2CC(=O)N(C3CCCCC3)C2)cc1Br. The first-order chi connectivity index (χ1) is 11.0. The smallest absolute Gasteiger partial charge is 0.229 e. The molecular formula is C18H23BrN2O2. The molecule has 3 rings (SSSR count). The maximum absolute atomic E-state index is 12.5. The van der Waals surface area contributed by atoms with Crippen LogP contribution in [-0.4, -0.2) is 29.3 Å². The number of hydrogen-bond acceptors (Lipinski definition) is 2. The molecule has 124 valence electrons. The van der Waals surface area contributed by atoms with E-state index in [9.17, 15) is 9.59 Å². The van der Waals surface area contributed by atoms with Crippen molar-refractivity contribution < 1.29 is 9.59 Å². The lowest BCUT2D eigenvalue weighted by Gasteiger charge is -2.31. The molecule has 0 aromatic heterocycles. The van der Waals surface area contributed by atoms with Crippen molar-refractivity contribution in [1.29, 1.82) is 0 Å². The Morgan fingerprint density at radius 3 is 2.70 bits per heavy atom. The molecule has 2 aliphatic rings. The third kappa shape index (κ3) is 3.77. The van der Waals surface area contributed by atoms with Crippen molar-refractivity contribution in [2.75, 3.05) is 11.9 Å². The van der Waals surface area contributed by atoms with E-state index in [4.69, 9.17) is 0 Å². The quantitative estimate of drug-likeness (QED) is 0.867. The predicted molar refractivity (Wildman–Crippen MR) is 94.2 cm³/mol. The van der Waals surface area contributed by atoms with Gasteiger partial charge in [0.15, 0.2) is 0 Å². The summed E-state index contributed by atoms with van der Waals surface area (Å²) in [4.78, 5) is 26.7. The first kappa shape index (κ1) is 16.5. The summed E-state index contributed by atoms with van der Waals surface area (Å²) in [5.41, 5.74) is 1.90. The second kappa shape index (κ2) is 7.04. The van der Waals surface area contributed by atoms with E-state index in [-0.39, 0.29) is 17.7 Å². The molecule has 1 aromatic carbocycles. The van der Waals surface area contributed by atoms with Crippen LogP contribution in [0.1, 0.15) is 44.1 Å². The van der Waals surface area contributed by atoms with Gasteiger partial charge in [-0.1, -0.05) is 41.3 Å². The van der Waals surface area contributed by atoms with Gasteiger partial charge in [0.2, 0.25) is 11.8 Å². The Kier molecular flexibility index (Phi) is 5.05. The monoisotopic (exact) mass is 378 g/mol. The molecule has 2 fully saturated rings. The number of carbonyl (C=O) groups excluding carboxylic acids is 2. The lowest BCUT2D eigenvalue weighted by atomic mass is 9.94. The maximum Gasteiger partial charge on any atom is 0.229 e. The molecule has 4 nitrogen and oxygen atoms in total. The third-order valence-electron chi connectivity index (χ3n) is 4.98. The molecule has 1 unspecified atom stereocenters. The molecule has 1 heterocycles. The minimum Gasteiger partial charge on any atom is -0.339 e. The number of nitrogens with zero attached hydrogens (tertiary/aromatic N) is 1. The van der Waals surface area contributed by atoms with E-state index in [0.717, 1.165) is 28.6 Å². The minimum atomic E-state index is -0.232. The number of aryl methyl sites for hydroxylation is 1. The van der Waals surface area contributed by atoms with Gasteiger partial charge in [-0.15, -0.1) is 0 Å². The predicted octanol–water partition coefficient (Wildman–Crippen LogP) is 3.88. The highest BCUT2D eigenvalue weighted by Crippen LogP contribution is 2.29. The Labute approximate surface area is 145 Å². The number of halogens is 1. The molecular weight excluding hydrogens is 356 g/mol. The molecule has 0 radical (unpaired) electrons. The zero-order chi connectivity index (χ0) is 16.4. The molecule has 1 N–H and O–H groups in total. The Morgan fingerprint density at radius 2 is 2.00 bits per heavy atom. The first-order valence-corrected chi connectivity index (χ1v) is 9.20. The summed E-state index contributed by atoms with van der Waals surface area (Å²) in [6, 6.07) is 6.12. The van der Waals surface area contributed by atoms with Gasteiger partial charge < -0.3 is 10.2 Å². The standard InChI is InChI=1S/C18H23BrN2O2/c1-12-7-8-14(10-16(12)19)20-18(23)13-9-17(22)21(11-13)15-5-3-2-4-6-15/h7-8,10,13,15H,2-6,9,11H2,1H3,(H,20,23). The van der Waals surface area contributed by atoms with Crippen molar-refractivity contribution in [2.45, 2.75) is 51.5 Å². The molecule has 0 spiro atoms. The molecule has 5 heteroatoms. The maximum atomic E-state index is 12.5. The lowest BCUT2D eigenvalue weighted by molar-refractivity contribution is -0.130. The van der Waals surface area contributed by atoms with Crippen LogP contribution in [0.25, 0.3) is 0 Å². The Morgan fingerprint density at radius 1 is 1.26 bits per heavy atom. The number of amides is 2. The molecule has 0 bridgehead atoms. The average molecular weight is 379 g/mol. The largest absolute Gasteiger partial charge is 0.339 e. The fourth-order valence-electron chi connectivity index (χ4n) is 3.57. The van der Waals surface area contributed by atoms with E-state index in [2.05, 4.69) is 21.2 Å². The van der Waals surface area contributed by atoms with E-state index in [1.807, 2.05) is 30.0 Å². The van der Waals surface area contributed by atoms with Crippen molar-refractivity contribution in [2.24, 2.45) is 5.92 Å². The van der Waals surface area contributed by atoms with Crippen LogP contribution in [0.15, 0.2) is 22.7 Å². The highest BCUT2D eigenvalue weighted by atomic mass is 79.9. The molecule has 1 atom stereocenters. The van der Waals surface area contributed by atoms with Gasteiger partial charge in [-0.3, -0.25) is 9.59 Å². The van der Waals surface area contributed by atoms with Crippen LogP contribution in [0, 0.1) is 12.8 Å². The number of anilines is 1. The average Bonchev–Trinajstić information content (AvgIpc) is 2.94. The van der Waals surface area contributed by atoms with E-state index < -0.39 is 0 Å². The highest BCUT2D eigenvalue weighted by Gasteiger charge is 2.38. The number of likely N-dealkylation sites (tertiary alicyclic amines) is 1. The van der Waals surface area contributed by atoms with Gasteiger partial charge in [0.25, 0.3) is 0 Å². The summed E-state index contributed by atoms with van der Waals surface area (Å²) in [5.74, 6) is -0.140. The summed E-state index contributed by atoms with van der Waals surface area (Å²) >= 11 is 3.48. The molecule has 1 aliphatic heterocycles. The fourth-order valence-corrected chi connectivity index (χ4v) is 3.95. The summed E-state index contributed by atoms with van der Waals surface area (Å²) < 4.78 is 0.974. The van der Waals surface area contributed by atoms with Gasteiger partial charge in [0.1, 0.15) is 0 Å². The second-order valence-corrected chi connectivity index (χ2v) is 7.55. The third-order valence-corrected chi connectivity index (χ3v) is 5.84. The first-order valence-electron chi connectivity index (χ1n) is 8.41. The summed E-state index contributed by atoms with van der Waals surface area (Å²) in [7, 11) is 0. The molecule has 1 aromatic rings. The number of hydrogen-bond donors (Lipinski definition) is 1. The van der Waals surface area contributed by atoms with Crippen molar-refractivity contribution in [3.05, 3.63) is 28.2 Å². The minimum absolute atomic E-state index is 0.0487. The second-order valence-electron chi connectivity index (χ2n) is 6.69. The van der Waals surface area contributed by atoms with Crippen molar-refractivity contribution in [3.63, 3.8) is 0 Å². The summed E-state index contributed by atoms with van der Waals surface area (Å²) in [5, 5.41) is 2.95. The van der Waals surface area contributed by atoms with Crippen LogP contribution in [0.4, 0.5) is 5.69 Å². The summed E-state index contributed by atoms with van der Waals surface area (Å²) in [6.07, 6.45) is 6.18. The Balaban J connectivity index is 1.61. The molecule has 23 heavy (non-hydrogen) atoms.